The number of esters is 1. The molecule has 1 aromatic carbocycles. The highest BCUT2D eigenvalue weighted by Gasteiger charge is 2.36. The summed E-state index contributed by atoms with van der Waals surface area (Å²) < 4.78 is 32.9. The number of aromatic nitrogens is 2. The van der Waals surface area contributed by atoms with Gasteiger partial charge in [0.05, 0.1) is 19.1 Å². The predicted molar refractivity (Wildman–Crippen MR) is 101 cm³/mol. The summed E-state index contributed by atoms with van der Waals surface area (Å²) in [5, 5.41) is 2.83. The first-order valence-electron chi connectivity index (χ1n) is 9.60. The number of halogens is 2. The average molecular weight is 406 g/mol. The molecule has 0 saturated heterocycles. The normalized spacial score (nSPS) is 15.7. The van der Waals surface area contributed by atoms with Crippen molar-refractivity contribution in [1.82, 2.24) is 20.2 Å². The SMILES string of the molecule is COC(=O)CCCCCNC(=O)N1CCc2[nH]cnc2C1c1cccc(F)c1F. The molecule has 9 heteroatoms. The third-order valence-corrected chi connectivity index (χ3v) is 5.02. The van der Waals surface area contributed by atoms with E-state index in [-0.39, 0.29) is 17.6 Å². The Morgan fingerprint density at radius 2 is 2.14 bits per heavy atom. The van der Waals surface area contributed by atoms with Gasteiger partial charge >= 0.3 is 12.0 Å². The van der Waals surface area contributed by atoms with Gasteiger partial charge in [0.15, 0.2) is 11.6 Å². The van der Waals surface area contributed by atoms with E-state index in [0.29, 0.717) is 44.5 Å². The van der Waals surface area contributed by atoms with Gasteiger partial charge < -0.3 is 19.9 Å². The van der Waals surface area contributed by atoms with Gasteiger partial charge in [0.2, 0.25) is 0 Å². The lowest BCUT2D eigenvalue weighted by atomic mass is 9.95. The molecule has 1 aliphatic heterocycles. The Labute approximate surface area is 167 Å². The van der Waals surface area contributed by atoms with Crippen molar-refractivity contribution in [1.29, 1.82) is 0 Å². The van der Waals surface area contributed by atoms with Gasteiger partial charge in [-0.2, -0.15) is 0 Å². The summed E-state index contributed by atoms with van der Waals surface area (Å²) in [5.41, 5.74) is 1.41. The zero-order valence-electron chi connectivity index (χ0n) is 16.2. The van der Waals surface area contributed by atoms with Gasteiger partial charge in [0, 0.05) is 37.2 Å². The van der Waals surface area contributed by atoms with Gasteiger partial charge in [-0.25, -0.2) is 18.6 Å². The Bertz CT molecular complexity index is 871. The number of H-pyrrole nitrogens is 1. The number of fused-ring (bicyclic) bond motifs is 1. The average Bonchev–Trinajstić information content (AvgIpc) is 3.20. The largest absolute Gasteiger partial charge is 0.469 e. The number of unbranched alkanes of at least 4 members (excludes halogenated alkanes) is 2. The van der Waals surface area contributed by atoms with Crippen LogP contribution < -0.4 is 5.32 Å². The molecule has 7 nitrogen and oxygen atoms in total. The molecule has 2 N–H and O–H groups in total. The van der Waals surface area contributed by atoms with Crippen molar-refractivity contribution in [2.24, 2.45) is 0 Å². The monoisotopic (exact) mass is 406 g/mol. The second kappa shape index (κ2) is 9.49. The molecule has 0 spiro atoms. The Morgan fingerprint density at radius 3 is 2.93 bits per heavy atom. The predicted octanol–water partition coefficient (Wildman–Crippen LogP) is 3.08. The van der Waals surface area contributed by atoms with E-state index in [9.17, 15) is 18.4 Å². The Balaban J connectivity index is 1.66. The second-order valence-corrected chi connectivity index (χ2v) is 6.87. The lowest BCUT2D eigenvalue weighted by molar-refractivity contribution is -0.140. The summed E-state index contributed by atoms with van der Waals surface area (Å²) in [6.07, 6.45) is 4.54. The molecule has 1 atom stereocenters. The number of nitrogens with one attached hydrogen (secondary N) is 2. The van der Waals surface area contributed by atoms with Crippen LogP contribution in [-0.4, -0.2) is 47.1 Å². The van der Waals surface area contributed by atoms with Crippen LogP contribution in [-0.2, 0) is 16.0 Å². The van der Waals surface area contributed by atoms with Crippen LogP contribution in [0.2, 0.25) is 0 Å². The fraction of sp³-hybridized carbons (Fsp3) is 0.450. The summed E-state index contributed by atoms with van der Waals surface area (Å²) in [5.74, 6) is -2.19. The van der Waals surface area contributed by atoms with Crippen molar-refractivity contribution >= 4 is 12.0 Å². The van der Waals surface area contributed by atoms with Crippen LogP contribution in [0, 0.1) is 11.6 Å². The fourth-order valence-electron chi connectivity index (χ4n) is 3.51. The molecular formula is C20H24F2N4O3. The van der Waals surface area contributed by atoms with Gasteiger partial charge in [0.25, 0.3) is 0 Å². The molecule has 0 aliphatic carbocycles. The smallest absolute Gasteiger partial charge is 0.318 e. The number of amides is 2. The molecule has 3 rings (SSSR count). The molecule has 2 aromatic rings. The van der Waals surface area contributed by atoms with Gasteiger partial charge in [-0.15, -0.1) is 0 Å². The molecule has 0 radical (unpaired) electrons. The van der Waals surface area contributed by atoms with Crippen LogP contribution in [0.5, 0.6) is 0 Å². The van der Waals surface area contributed by atoms with Gasteiger partial charge in [-0.1, -0.05) is 18.6 Å². The Morgan fingerprint density at radius 1 is 1.31 bits per heavy atom. The number of ether oxygens (including phenoxy) is 1. The van der Waals surface area contributed by atoms with Crippen molar-refractivity contribution in [2.45, 2.75) is 38.1 Å². The number of imidazole rings is 1. The van der Waals surface area contributed by atoms with E-state index in [1.165, 1.54) is 30.5 Å². The highest BCUT2D eigenvalue weighted by Crippen LogP contribution is 2.35. The first-order chi connectivity index (χ1) is 14.0. The fourth-order valence-corrected chi connectivity index (χ4v) is 3.51. The molecule has 2 amide bonds. The number of urea groups is 1. The van der Waals surface area contributed by atoms with Crippen LogP contribution in [0.1, 0.15) is 48.7 Å². The minimum absolute atomic E-state index is 0.0753. The zero-order chi connectivity index (χ0) is 20.8. The van der Waals surface area contributed by atoms with Gasteiger partial charge in [-0.05, 0) is 18.9 Å². The van der Waals surface area contributed by atoms with Crippen LogP contribution in [0.25, 0.3) is 0 Å². The van der Waals surface area contributed by atoms with Crippen molar-refractivity contribution in [3.05, 3.63) is 53.1 Å². The molecule has 1 aliphatic rings. The minimum atomic E-state index is -0.978. The van der Waals surface area contributed by atoms with Crippen LogP contribution in [0.3, 0.4) is 0 Å². The number of benzene rings is 1. The topological polar surface area (TPSA) is 87.3 Å². The van der Waals surface area contributed by atoms with E-state index in [1.807, 2.05) is 0 Å². The molecule has 1 unspecified atom stereocenters. The quantitative estimate of drug-likeness (QED) is 0.547. The lowest BCUT2D eigenvalue weighted by Gasteiger charge is -2.35. The lowest BCUT2D eigenvalue weighted by Crippen LogP contribution is -2.46. The van der Waals surface area contributed by atoms with E-state index in [1.54, 1.807) is 0 Å². The Kier molecular flexibility index (Phi) is 6.79. The maximum atomic E-state index is 14.5. The first-order valence-corrected chi connectivity index (χ1v) is 9.60. The highest BCUT2D eigenvalue weighted by atomic mass is 19.2. The number of rotatable bonds is 7. The number of hydrogen-bond acceptors (Lipinski definition) is 4. The second-order valence-electron chi connectivity index (χ2n) is 6.87. The molecule has 2 heterocycles. The molecule has 0 bridgehead atoms. The van der Waals surface area contributed by atoms with Crippen LogP contribution in [0.4, 0.5) is 13.6 Å². The van der Waals surface area contributed by atoms with E-state index < -0.39 is 17.7 Å². The molecule has 0 saturated carbocycles. The number of hydrogen-bond donors (Lipinski definition) is 2. The number of carbonyl (C=O) groups is 2. The maximum absolute atomic E-state index is 14.5. The summed E-state index contributed by atoms with van der Waals surface area (Å²) in [6.45, 7) is 0.770. The number of nitrogens with zero attached hydrogens (tertiary/aromatic N) is 2. The summed E-state index contributed by atoms with van der Waals surface area (Å²) >= 11 is 0. The number of carbonyl (C=O) groups excluding carboxylic acids is 2. The van der Waals surface area contributed by atoms with Crippen molar-refractivity contribution < 1.29 is 23.1 Å². The number of methoxy groups -OCH3 is 1. The van der Waals surface area contributed by atoms with E-state index in [0.717, 1.165) is 18.2 Å². The molecule has 0 fully saturated rings. The molecule has 1 aromatic heterocycles. The first kappa shape index (κ1) is 20.8. The number of aromatic amines is 1. The molecule has 156 valence electrons. The molecular weight excluding hydrogens is 382 g/mol. The summed E-state index contributed by atoms with van der Waals surface area (Å²) in [7, 11) is 1.35. The highest BCUT2D eigenvalue weighted by molar-refractivity contribution is 5.75. The minimum Gasteiger partial charge on any atom is -0.469 e. The van der Waals surface area contributed by atoms with E-state index in [4.69, 9.17) is 0 Å². The van der Waals surface area contributed by atoms with Gasteiger partial charge in [0.1, 0.15) is 6.04 Å². The van der Waals surface area contributed by atoms with Crippen LogP contribution >= 0.6 is 0 Å². The maximum Gasteiger partial charge on any atom is 0.318 e. The van der Waals surface area contributed by atoms with Crippen LogP contribution in [0.15, 0.2) is 24.5 Å². The summed E-state index contributed by atoms with van der Waals surface area (Å²) in [4.78, 5) is 32.6. The summed E-state index contributed by atoms with van der Waals surface area (Å²) in [6, 6.07) is 2.78. The van der Waals surface area contributed by atoms with Crippen molar-refractivity contribution in [3.8, 4) is 0 Å². The Hall–Kier alpha value is -2.97. The van der Waals surface area contributed by atoms with E-state index in [2.05, 4.69) is 20.0 Å². The third-order valence-electron chi connectivity index (χ3n) is 5.02. The molecule has 29 heavy (non-hydrogen) atoms. The standard InChI is InChI=1S/C20H24F2N4O3/c1-29-16(27)8-3-2-4-10-23-20(28)26-11-9-15-18(25-12-24-15)19(26)13-6-5-7-14(21)17(13)22/h5-7,12,19H,2-4,8-11H2,1H3,(H,23,28)(H,24,25). The van der Waals surface area contributed by atoms with Crippen molar-refractivity contribution in [2.75, 3.05) is 20.2 Å². The zero-order valence-corrected chi connectivity index (χ0v) is 16.2. The van der Waals surface area contributed by atoms with Gasteiger partial charge in [-0.3, -0.25) is 4.79 Å². The van der Waals surface area contributed by atoms with E-state index >= 15 is 0 Å². The third kappa shape index (κ3) is 4.72. The van der Waals surface area contributed by atoms with Crippen molar-refractivity contribution in [3.63, 3.8) is 0 Å².